The molecule has 20 heavy (non-hydrogen) atoms. The molecule has 0 fully saturated rings. The van der Waals surface area contributed by atoms with E-state index in [1.165, 1.54) is 0 Å². The van der Waals surface area contributed by atoms with Gasteiger partial charge in [-0.3, -0.25) is 4.79 Å². The monoisotopic (exact) mass is 291 g/mol. The lowest BCUT2D eigenvalue weighted by Crippen LogP contribution is -2.35. The third-order valence-electron chi connectivity index (χ3n) is 3.21. The maximum atomic E-state index is 11.7. The molecule has 0 aliphatic carbocycles. The minimum atomic E-state index is -0.113. The van der Waals surface area contributed by atoms with Crippen molar-refractivity contribution < 1.29 is 9.53 Å². The molecular weight excluding hydrogens is 274 g/mol. The summed E-state index contributed by atoms with van der Waals surface area (Å²) >= 11 is 6.14. The van der Waals surface area contributed by atoms with E-state index in [0.29, 0.717) is 10.8 Å². The lowest BCUT2D eigenvalue weighted by molar-refractivity contribution is -0.123. The number of rotatable bonds is 5. The van der Waals surface area contributed by atoms with Crippen LogP contribution < -0.4 is 10.1 Å². The van der Waals surface area contributed by atoms with Crippen molar-refractivity contribution in [2.75, 3.05) is 6.61 Å². The van der Waals surface area contributed by atoms with Crippen LogP contribution in [0.5, 0.6) is 5.75 Å². The van der Waals surface area contributed by atoms with Crippen LogP contribution in [0.25, 0.3) is 10.8 Å². The van der Waals surface area contributed by atoms with Gasteiger partial charge in [0.05, 0.1) is 0 Å². The van der Waals surface area contributed by atoms with E-state index < -0.39 is 0 Å². The topological polar surface area (TPSA) is 38.3 Å². The smallest absolute Gasteiger partial charge is 0.258 e. The van der Waals surface area contributed by atoms with Gasteiger partial charge in [-0.2, -0.15) is 0 Å². The molecule has 1 amide bonds. The molecule has 0 bridgehead atoms. The molecule has 0 spiro atoms. The zero-order valence-corrected chi connectivity index (χ0v) is 12.4. The maximum absolute atomic E-state index is 11.7. The molecule has 4 heteroatoms. The fourth-order valence-corrected chi connectivity index (χ4v) is 2.15. The van der Waals surface area contributed by atoms with E-state index in [-0.39, 0.29) is 18.6 Å². The van der Waals surface area contributed by atoms with Gasteiger partial charge in [0, 0.05) is 21.8 Å². The molecule has 0 heterocycles. The van der Waals surface area contributed by atoms with Crippen molar-refractivity contribution >= 4 is 28.3 Å². The Kier molecular flexibility index (Phi) is 4.85. The van der Waals surface area contributed by atoms with Gasteiger partial charge in [-0.05, 0) is 25.5 Å². The van der Waals surface area contributed by atoms with Gasteiger partial charge >= 0.3 is 0 Å². The molecule has 0 unspecified atom stereocenters. The number of hydrogen-bond acceptors (Lipinski definition) is 2. The molecule has 2 rings (SSSR count). The van der Waals surface area contributed by atoms with Crippen LogP contribution in [0, 0.1) is 0 Å². The van der Waals surface area contributed by atoms with Crippen molar-refractivity contribution in [1.82, 2.24) is 5.32 Å². The summed E-state index contributed by atoms with van der Waals surface area (Å²) in [6.45, 7) is 4.00. The number of nitrogens with one attached hydrogen (secondary N) is 1. The summed E-state index contributed by atoms with van der Waals surface area (Å²) in [6.07, 6.45) is 0.898. The molecule has 3 nitrogen and oxygen atoms in total. The zero-order valence-electron chi connectivity index (χ0n) is 11.7. The van der Waals surface area contributed by atoms with Crippen LogP contribution >= 0.6 is 11.6 Å². The summed E-state index contributed by atoms with van der Waals surface area (Å²) in [5.41, 5.74) is 0. The minimum Gasteiger partial charge on any atom is -0.483 e. The second-order valence-corrected chi connectivity index (χ2v) is 5.16. The Bertz CT molecular complexity index is 612. The highest BCUT2D eigenvalue weighted by atomic mass is 35.5. The fourth-order valence-electron chi connectivity index (χ4n) is 1.92. The second-order valence-electron chi connectivity index (χ2n) is 4.76. The summed E-state index contributed by atoms with van der Waals surface area (Å²) in [6, 6.07) is 11.5. The van der Waals surface area contributed by atoms with Crippen LogP contribution in [-0.4, -0.2) is 18.6 Å². The zero-order chi connectivity index (χ0) is 14.5. The Morgan fingerprint density at radius 3 is 2.65 bits per heavy atom. The Morgan fingerprint density at radius 1 is 1.25 bits per heavy atom. The molecule has 2 aromatic rings. The van der Waals surface area contributed by atoms with Crippen LogP contribution in [0.1, 0.15) is 20.3 Å². The molecule has 0 aliphatic rings. The van der Waals surface area contributed by atoms with Gasteiger partial charge in [0.2, 0.25) is 0 Å². The highest BCUT2D eigenvalue weighted by molar-refractivity contribution is 6.35. The summed E-state index contributed by atoms with van der Waals surface area (Å²) in [5, 5.41) is 5.39. The number of ether oxygens (including phenoxy) is 1. The average molecular weight is 292 g/mol. The number of halogens is 1. The van der Waals surface area contributed by atoms with Gasteiger partial charge in [-0.1, -0.05) is 42.8 Å². The minimum absolute atomic E-state index is 0.00989. The highest BCUT2D eigenvalue weighted by Crippen LogP contribution is 2.31. The first kappa shape index (κ1) is 14.7. The van der Waals surface area contributed by atoms with E-state index in [9.17, 15) is 4.79 Å². The molecule has 106 valence electrons. The second kappa shape index (κ2) is 6.62. The van der Waals surface area contributed by atoms with E-state index in [0.717, 1.165) is 17.2 Å². The van der Waals surface area contributed by atoms with E-state index in [1.54, 1.807) is 12.1 Å². The number of fused-ring (bicyclic) bond motifs is 1. The quantitative estimate of drug-likeness (QED) is 0.910. The highest BCUT2D eigenvalue weighted by Gasteiger charge is 2.09. The molecule has 0 aromatic heterocycles. The molecule has 0 saturated heterocycles. The first-order chi connectivity index (χ1) is 9.61. The average Bonchev–Trinajstić information content (AvgIpc) is 2.46. The van der Waals surface area contributed by atoms with Crippen molar-refractivity contribution in [3.63, 3.8) is 0 Å². The van der Waals surface area contributed by atoms with Gasteiger partial charge in [0.25, 0.3) is 5.91 Å². The van der Waals surface area contributed by atoms with E-state index in [2.05, 4.69) is 5.32 Å². The van der Waals surface area contributed by atoms with Crippen molar-refractivity contribution in [3.8, 4) is 5.75 Å². The number of carbonyl (C=O) groups excluding carboxylic acids is 1. The predicted molar refractivity (Wildman–Crippen MR) is 82.3 cm³/mol. The fraction of sp³-hybridized carbons (Fsp3) is 0.312. The lowest BCUT2D eigenvalue weighted by Gasteiger charge is -2.13. The van der Waals surface area contributed by atoms with Gasteiger partial charge in [-0.15, -0.1) is 0 Å². The summed E-state index contributed by atoms with van der Waals surface area (Å²) in [5.74, 6) is 0.558. The molecular formula is C16H18ClNO2. The third kappa shape index (κ3) is 3.42. The third-order valence-corrected chi connectivity index (χ3v) is 3.54. The van der Waals surface area contributed by atoms with Gasteiger partial charge < -0.3 is 10.1 Å². The summed E-state index contributed by atoms with van der Waals surface area (Å²) in [7, 11) is 0. The van der Waals surface area contributed by atoms with Crippen LogP contribution in [0.2, 0.25) is 5.02 Å². The molecule has 1 atom stereocenters. The molecule has 0 radical (unpaired) electrons. The largest absolute Gasteiger partial charge is 0.483 e. The predicted octanol–water partition coefficient (Wildman–Crippen LogP) is 3.79. The Balaban J connectivity index is 2.11. The molecule has 0 aliphatic heterocycles. The van der Waals surface area contributed by atoms with Gasteiger partial charge in [0.1, 0.15) is 5.75 Å². The standard InChI is InChI=1S/C16H18ClNO2/c1-3-11(2)18-16(19)10-20-15-9-8-14(17)12-6-4-5-7-13(12)15/h4-9,11H,3,10H2,1-2H3,(H,18,19)/t11-/m0/s1. The SMILES string of the molecule is CC[C@H](C)NC(=O)COc1ccc(Cl)c2ccccc12. The van der Waals surface area contributed by atoms with Gasteiger partial charge in [-0.25, -0.2) is 0 Å². The van der Waals surface area contributed by atoms with E-state index >= 15 is 0 Å². The molecule has 2 aromatic carbocycles. The lowest BCUT2D eigenvalue weighted by atomic mass is 10.1. The van der Waals surface area contributed by atoms with Crippen molar-refractivity contribution in [2.24, 2.45) is 0 Å². The Labute approximate surface area is 123 Å². The van der Waals surface area contributed by atoms with Crippen molar-refractivity contribution in [1.29, 1.82) is 0 Å². The number of hydrogen-bond donors (Lipinski definition) is 1. The number of amides is 1. The van der Waals surface area contributed by atoms with E-state index in [1.807, 2.05) is 38.1 Å². The molecule has 0 saturated carbocycles. The van der Waals surface area contributed by atoms with Crippen LogP contribution in [0.15, 0.2) is 36.4 Å². The number of carbonyl (C=O) groups is 1. The summed E-state index contributed by atoms with van der Waals surface area (Å²) < 4.78 is 5.61. The summed E-state index contributed by atoms with van der Waals surface area (Å²) in [4.78, 5) is 11.7. The Hall–Kier alpha value is -1.74. The van der Waals surface area contributed by atoms with Crippen LogP contribution in [0.3, 0.4) is 0 Å². The number of benzene rings is 2. The van der Waals surface area contributed by atoms with Gasteiger partial charge in [0.15, 0.2) is 6.61 Å². The maximum Gasteiger partial charge on any atom is 0.258 e. The van der Waals surface area contributed by atoms with Crippen LogP contribution in [0.4, 0.5) is 0 Å². The first-order valence-corrected chi connectivity index (χ1v) is 7.09. The molecule has 1 N–H and O–H groups in total. The van der Waals surface area contributed by atoms with E-state index in [4.69, 9.17) is 16.3 Å². The van der Waals surface area contributed by atoms with Crippen LogP contribution in [-0.2, 0) is 4.79 Å². The normalized spacial score (nSPS) is 12.2. The Morgan fingerprint density at radius 2 is 1.95 bits per heavy atom. The van der Waals surface area contributed by atoms with Crippen molar-refractivity contribution in [2.45, 2.75) is 26.3 Å². The first-order valence-electron chi connectivity index (χ1n) is 6.71. The van der Waals surface area contributed by atoms with Crippen molar-refractivity contribution in [3.05, 3.63) is 41.4 Å².